The van der Waals surface area contributed by atoms with Crippen LogP contribution in [0.5, 0.6) is 11.5 Å². The number of halogens is 1. The number of nitriles is 1. The average molecular weight is 494 g/mol. The second-order valence-electron chi connectivity index (χ2n) is 7.98. The third-order valence-corrected chi connectivity index (χ3v) is 6.99. The van der Waals surface area contributed by atoms with Gasteiger partial charge in [0.05, 0.1) is 25.5 Å². The Bertz CT molecular complexity index is 1290. The number of likely N-dealkylation sites (N-methyl/N-ethyl adjacent to an activating group) is 1. The lowest BCUT2D eigenvalue weighted by molar-refractivity contribution is 0.102. The monoisotopic (exact) mass is 493 g/mol. The van der Waals surface area contributed by atoms with Crippen LogP contribution in [0.2, 0.25) is 5.02 Å². The summed E-state index contributed by atoms with van der Waals surface area (Å²) >= 11 is 7.33. The highest BCUT2D eigenvalue weighted by Crippen LogP contribution is 2.40. The SMILES string of the molecule is COc1ccc(-c2c(C#N)c(SCC(=O)c3cccc(Cl)c3)nc3c2CN(C)CC3)cc1OC. The number of methoxy groups -OCH3 is 2. The highest BCUT2D eigenvalue weighted by Gasteiger charge is 2.26. The number of nitrogens with zero attached hydrogens (tertiary/aromatic N) is 3. The molecule has 0 amide bonds. The van der Waals surface area contributed by atoms with E-state index in [9.17, 15) is 10.1 Å². The van der Waals surface area contributed by atoms with Gasteiger partial charge in [-0.05, 0) is 42.4 Å². The van der Waals surface area contributed by atoms with E-state index in [4.69, 9.17) is 26.1 Å². The lowest BCUT2D eigenvalue weighted by atomic mass is 9.91. The Morgan fingerprint density at radius 2 is 2.00 bits per heavy atom. The van der Waals surface area contributed by atoms with Crippen molar-refractivity contribution in [2.75, 3.05) is 33.6 Å². The molecular weight excluding hydrogens is 470 g/mol. The summed E-state index contributed by atoms with van der Waals surface area (Å²) in [5.41, 5.74) is 4.68. The van der Waals surface area contributed by atoms with Crippen LogP contribution in [0, 0.1) is 11.3 Å². The van der Waals surface area contributed by atoms with E-state index < -0.39 is 0 Å². The minimum absolute atomic E-state index is 0.0664. The molecule has 1 aliphatic heterocycles. The van der Waals surface area contributed by atoms with Crippen molar-refractivity contribution < 1.29 is 14.3 Å². The van der Waals surface area contributed by atoms with Crippen LogP contribution in [0.4, 0.5) is 0 Å². The van der Waals surface area contributed by atoms with Crippen LogP contribution in [0.1, 0.15) is 27.2 Å². The number of rotatable bonds is 7. The summed E-state index contributed by atoms with van der Waals surface area (Å²) in [6.45, 7) is 1.57. The second kappa shape index (κ2) is 10.5. The number of benzene rings is 2. The Morgan fingerprint density at radius 1 is 1.21 bits per heavy atom. The smallest absolute Gasteiger partial charge is 0.173 e. The fraction of sp³-hybridized carbons (Fsp3) is 0.269. The van der Waals surface area contributed by atoms with Crippen LogP contribution in [0.3, 0.4) is 0 Å². The van der Waals surface area contributed by atoms with Crippen LogP contribution in [0.15, 0.2) is 47.5 Å². The van der Waals surface area contributed by atoms with Crippen molar-refractivity contribution in [1.29, 1.82) is 5.26 Å². The number of hydrogen-bond donors (Lipinski definition) is 0. The Kier molecular flexibility index (Phi) is 7.42. The largest absolute Gasteiger partial charge is 0.493 e. The number of fused-ring (bicyclic) bond motifs is 1. The molecule has 2 heterocycles. The van der Waals surface area contributed by atoms with E-state index in [2.05, 4.69) is 18.0 Å². The first kappa shape index (κ1) is 24.1. The lowest BCUT2D eigenvalue weighted by Crippen LogP contribution is -2.28. The van der Waals surface area contributed by atoms with Gasteiger partial charge in [0.2, 0.25) is 0 Å². The molecule has 2 aromatic carbocycles. The van der Waals surface area contributed by atoms with Gasteiger partial charge in [-0.15, -0.1) is 0 Å². The Morgan fingerprint density at radius 3 is 2.71 bits per heavy atom. The molecular formula is C26H24ClN3O3S. The van der Waals surface area contributed by atoms with Crippen LogP contribution >= 0.6 is 23.4 Å². The molecule has 0 spiro atoms. The number of ether oxygens (including phenoxy) is 2. The molecule has 0 N–H and O–H groups in total. The van der Waals surface area contributed by atoms with Crippen LogP contribution in [0.25, 0.3) is 11.1 Å². The van der Waals surface area contributed by atoms with E-state index >= 15 is 0 Å². The molecule has 34 heavy (non-hydrogen) atoms. The van der Waals surface area contributed by atoms with Gasteiger partial charge in [-0.25, -0.2) is 4.98 Å². The van der Waals surface area contributed by atoms with Crippen LogP contribution in [-0.2, 0) is 13.0 Å². The van der Waals surface area contributed by atoms with Gasteiger partial charge in [0, 0.05) is 41.4 Å². The highest BCUT2D eigenvalue weighted by molar-refractivity contribution is 8.00. The standard InChI is InChI=1S/C26H24ClN3O3S/c1-30-10-9-21-20(14-30)25(17-7-8-23(32-2)24(12-17)33-3)19(13-28)26(29-21)34-15-22(31)16-5-4-6-18(27)11-16/h4-8,11-12H,9-10,14-15H2,1-3H3. The number of Topliss-reactive ketones (excluding diaryl/α,β-unsaturated/α-hetero) is 1. The predicted octanol–water partition coefficient (Wildman–Crippen LogP) is 5.25. The fourth-order valence-corrected chi connectivity index (χ4v) is 5.16. The van der Waals surface area contributed by atoms with Gasteiger partial charge in [-0.1, -0.05) is 41.6 Å². The van der Waals surface area contributed by atoms with Gasteiger partial charge in [-0.3, -0.25) is 4.79 Å². The van der Waals surface area contributed by atoms with Crippen molar-refractivity contribution in [2.45, 2.75) is 18.0 Å². The molecule has 0 saturated carbocycles. The summed E-state index contributed by atoms with van der Waals surface area (Å²) in [4.78, 5) is 19.8. The van der Waals surface area contributed by atoms with E-state index in [1.807, 2.05) is 18.2 Å². The fourth-order valence-electron chi connectivity index (χ4n) is 4.07. The molecule has 1 aliphatic rings. The summed E-state index contributed by atoms with van der Waals surface area (Å²) in [5, 5.41) is 11.3. The highest BCUT2D eigenvalue weighted by atomic mass is 35.5. The molecule has 0 saturated heterocycles. The van der Waals surface area contributed by atoms with E-state index in [0.717, 1.165) is 35.3 Å². The van der Waals surface area contributed by atoms with E-state index in [1.165, 1.54) is 11.8 Å². The van der Waals surface area contributed by atoms with E-state index in [1.54, 1.807) is 38.5 Å². The Hall–Kier alpha value is -3.05. The third kappa shape index (κ3) is 4.90. The second-order valence-corrected chi connectivity index (χ2v) is 9.38. The number of carbonyl (C=O) groups is 1. The van der Waals surface area contributed by atoms with Gasteiger partial charge >= 0.3 is 0 Å². The molecule has 0 aliphatic carbocycles. The van der Waals surface area contributed by atoms with Gasteiger partial charge in [0.1, 0.15) is 11.1 Å². The molecule has 0 fully saturated rings. The number of hydrogen-bond acceptors (Lipinski definition) is 7. The zero-order valence-corrected chi connectivity index (χ0v) is 20.8. The summed E-state index contributed by atoms with van der Waals surface area (Å²) in [6, 6.07) is 14.9. The maximum atomic E-state index is 12.8. The lowest BCUT2D eigenvalue weighted by Gasteiger charge is -2.28. The predicted molar refractivity (Wildman–Crippen MR) is 134 cm³/mol. The molecule has 0 radical (unpaired) electrons. The minimum atomic E-state index is -0.0664. The van der Waals surface area contributed by atoms with E-state index in [-0.39, 0.29) is 11.5 Å². The first-order valence-corrected chi connectivity index (χ1v) is 12.1. The number of aromatic nitrogens is 1. The summed E-state index contributed by atoms with van der Waals surface area (Å²) in [7, 11) is 5.23. The first-order chi connectivity index (χ1) is 16.4. The summed E-state index contributed by atoms with van der Waals surface area (Å²) < 4.78 is 10.9. The van der Waals surface area contributed by atoms with Gasteiger partial charge in [-0.2, -0.15) is 5.26 Å². The number of carbonyl (C=O) groups excluding carboxylic acids is 1. The average Bonchev–Trinajstić information content (AvgIpc) is 2.85. The molecule has 4 rings (SSSR count). The van der Waals surface area contributed by atoms with Crippen molar-refractivity contribution in [2.24, 2.45) is 0 Å². The zero-order valence-electron chi connectivity index (χ0n) is 19.2. The quantitative estimate of drug-likeness (QED) is 0.328. The molecule has 0 unspecified atom stereocenters. The van der Waals surface area contributed by atoms with Crippen molar-refractivity contribution in [3.05, 3.63) is 69.9 Å². The van der Waals surface area contributed by atoms with Crippen molar-refractivity contribution in [3.63, 3.8) is 0 Å². The Balaban J connectivity index is 1.78. The van der Waals surface area contributed by atoms with Crippen molar-refractivity contribution >= 4 is 29.1 Å². The number of ketones is 1. The molecule has 174 valence electrons. The van der Waals surface area contributed by atoms with Gasteiger partial charge in [0.25, 0.3) is 0 Å². The molecule has 0 atom stereocenters. The molecule has 8 heteroatoms. The number of thioether (sulfide) groups is 1. The maximum Gasteiger partial charge on any atom is 0.173 e. The zero-order chi connectivity index (χ0) is 24.2. The first-order valence-electron chi connectivity index (χ1n) is 10.7. The number of pyridine rings is 1. The molecule has 0 bridgehead atoms. The topological polar surface area (TPSA) is 75.5 Å². The summed E-state index contributed by atoms with van der Waals surface area (Å²) in [6.07, 6.45) is 0.771. The minimum Gasteiger partial charge on any atom is -0.493 e. The normalized spacial score (nSPS) is 13.1. The summed E-state index contributed by atoms with van der Waals surface area (Å²) in [5.74, 6) is 1.30. The molecule has 1 aromatic heterocycles. The van der Waals surface area contributed by atoms with E-state index in [0.29, 0.717) is 39.2 Å². The van der Waals surface area contributed by atoms with Gasteiger partial charge in [0.15, 0.2) is 17.3 Å². The third-order valence-electron chi connectivity index (χ3n) is 5.78. The van der Waals surface area contributed by atoms with Crippen molar-refractivity contribution in [3.8, 4) is 28.7 Å². The van der Waals surface area contributed by atoms with Crippen molar-refractivity contribution in [1.82, 2.24) is 9.88 Å². The molecule has 6 nitrogen and oxygen atoms in total. The van der Waals surface area contributed by atoms with Crippen LogP contribution in [-0.4, -0.2) is 49.2 Å². The molecule has 3 aromatic rings. The maximum absolute atomic E-state index is 12.8. The van der Waals surface area contributed by atoms with Gasteiger partial charge < -0.3 is 14.4 Å². The van der Waals surface area contributed by atoms with Crippen LogP contribution < -0.4 is 9.47 Å². The Labute approximate surface area is 208 Å².